The van der Waals surface area contributed by atoms with Crippen molar-refractivity contribution in [2.45, 2.75) is 26.3 Å². The van der Waals surface area contributed by atoms with Gasteiger partial charge in [0.1, 0.15) is 0 Å². The molecule has 1 aliphatic rings. The lowest BCUT2D eigenvalue weighted by atomic mass is 10.00. The summed E-state index contributed by atoms with van der Waals surface area (Å²) < 4.78 is 2.49. The molecule has 1 heteroatoms. The maximum atomic E-state index is 2.49. The summed E-state index contributed by atoms with van der Waals surface area (Å²) in [6.07, 6.45) is 4.77. The first-order chi connectivity index (χ1) is 15.3. The molecule has 0 unspecified atom stereocenters. The lowest BCUT2D eigenvalue weighted by Gasteiger charge is -2.07. The normalized spacial score (nSPS) is 12.4. The van der Waals surface area contributed by atoms with Crippen LogP contribution in [0.1, 0.15) is 36.5 Å². The molecule has 1 nitrogen and oxygen atoms in total. The van der Waals surface area contributed by atoms with Crippen molar-refractivity contribution in [2.75, 3.05) is 0 Å². The zero-order valence-electron chi connectivity index (χ0n) is 17.8. The number of unbranched alkanes of at least 4 members (excludes halogenated alkanes) is 1. The van der Waals surface area contributed by atoms with Crippen molar-refractivity contribution < 1.29 is 0 Å². The lowest BCUT2D eigenvalue weighted by molar-refractivity contribution is 0.665. The molecule has 0 N–H and O–H groups in total. The van der Waals surface area contributed by atoms with Crippen LogP contribution < -0.4 is 0 Å². The average Bonchev–Trinajstić information content (AvgIpc) is 3.31. The largest absolute Gasteiger partial charge is 0.340 e. The van der Waals surface area contributed by atoms with Crippen molar-refractivity contribution in [1.29, 1.82) is 0 Å². The van der Waals surface area contributed by atoms with Crippen LogP contribution in [0, 0.1) is 0 Å². The Labute approximate surface area is 183 Å². The quantitative estimate of drug-likeness (QED) is 0.282. The molecular formula is C30H25N. The molecule has 0 bridgehead atoms. The van der Waals surface area contributed by atoms with E-state index >= 15 is 0 Å². The lowest BCUT2D eigenvalue weighted by Crippen LogP contribution is -1.96. The van der Waals surface area contributed by atoms with E-state index in [0.717, 1.165) is 6.54 Å². The van der Waals surface area contributed by atoms with E-state index in [1.165, 1.54) is 68.0 Å². The van der Waals surface area contributed by atoms with Crippen molar-refractivity contribution in [3.63, 3.8) is 0 Å². The van der Waals surface area contributed by atoms with E-state index < -0.39 is 0 Å². The molecule has 0 saturated carbocycles. The number of para-hydroxylation sites is 1. The van der Waals surface area contributed by atoms with Crippen LogP contribution in [0.3, 0.4) is 0 Å². The highest BCUT2D eigenvalue weighted by Gasteiger charge is 2.22. The van der Waals surface area contributed by atoms with E-state index in [4.69, 9.17) is 0 Å². The minimum Gasteiger partial charge on any atom is -0.340 e. The summed E-state index contributed by atoms with van der Waals surface area (Å²) in [4.78, 5) is 0. The molecule has 0 aliphatic heterocycles. The van der Waals surface area contributed by atoms with Gasteiger partial charge in [0.05, 0.1) is 0 Å². The Balaban J connectivity index is 1.55. The van der Waals surface area contributed by atoms with Gasteiger partial charge >= 0.3 is 0 Å². The molecule has 1 heterocycles. The number of fused-ring (bicyclic) bond motifs is 6. The molecule has 5 aromatic rings. The van der Waals surface area contributed by atoms with Gasteiger partial charge in [-0.2, -0.15) is 0 Å². The first-order valence-corrected chi connectivity index (χ1v) is 11.3. The molecule has 31 heavy (non-hydrogen) atoms. The number of benzene rings is 4. The fraction of sp³-hybridized carbons (Fsp3) is 0.133. The monoisotopic (exact) mass is 399 g/mol. The highest BCUT2D eigenvalue weighted by Crippen LogP contribution is 2.45. The van der Waals surface area contributed by atoms with Gasteiger partial charge in [0.2, 0.25) is 0 Å². The van der Waals surface area contributed by atoms with Crippen LogP contribution >= 0.6 is 0 Å². The Morgan fingerprint density at radius 2 is 1.26 bits per heavy atom. The molecular weight excluding hydrogens is 374 g/mol. The van der Waals surface area contributed by atoms with E-state index in [1.54, 1.807) is 0 Å². The second-order valence-corrected chi connectivity index (χ2v) is 8.45. The Hall–Kier alpha value is -3.58. The number of hydrogen-bond acceptors (Lipinski definition) is 0. The van der Waals surface area contributed by atoms with Gasteiger partial charge in [-0.25, -0.2) is 0 Å². The standard InChI is InChI=1S/C30H25N/c1-2-3-18-31-29-15-9-8-14-26(29)28-20-21(16-17-30(28)31)19-27-24-12-6-4-10-22(24)23-11-5-7-13-25(23)27/h4-17,19-20H,2-3,18H2,1H3. The van der Waals surface area contributed by atoms with Crippen LogP contribution in [0.15, 0.2) is 91.0 Å². The summed E-state index contributed by atoms with van der Waals surface area (Å²) in [5.74, 6) is 0. The van der Waals surface area contributed by atoms with Gasteiger partial charge in [0.25, 0.3) is 0 Å². The molecule has 1 aromatic heterocycles. The Bertz CT molecular complexity index is 1420. The van der Waals surface area contributed by atoms with Gasteiger partial charge < -0.3 is 4.57 Å². The number of nitrogens with zero attached hydrogens (tertiary/aromatic N) is 1. The highest BCUT2D eigenvalue weighted by molar-refractivity contribution is 6.10. The molecule has 1 aliphatic carbocycles. The molecule has 6 rings (SSSR count). The third-order valence-corrected chi connectivity index (χ3v) is 6.57. The van der Waals surface area contributed by atoms with Crippen LogP contribution in [-0.2, 0) is 6.54 Å². The van der Waals surface area contributed by atoms with Crippen LogP contribution in [0.4, 0.5) is 0 Å². The summed E-state index contributed by atoms with van der Waals surface area (Å²) in [5, 5.41) is 2.70. The molecule has 0 saturated heterocycles. The van der Waals surface area contributed by atoms with Crippen LogP contribution in [0.5, 0.6) is 0 Å². The van der Waals surface area contributed by atoms with Gasteiger partial charge in [-0.05, 0) is 64.1 Å². The summed E-state index contributed by atoms with van der Waals surface area (Å²) in [7, 11) is 0. The Morgan fingerprint density at radius 3 is 1.97 bits per heavy atom. The van der Waals surface area contributed by atoms with E-state index in [-0.39, 0.29) is 0 Å². The minimum absolute atomic E-state index is 1.07. The molecule has 150 valence electrons. The third-order valence-electron chi connectivity index (χ3n) is 6.57. The zero-order chi connectivity index (χ0) is 20.8. The molecule has 4 aromatic carbocycles. The van der Waals surface area contributed by atoms with Crippen LogP contribution in [-0.4, -0.2) is 4.57 Å². The molecule has 0 amide bonds. The number of aryl methyl sites for hydroxylation is 1. The maximum Gasteiger partial charge on any atom is 0.0491 e. The average molecular weight is 400 g/mol. The van der Waals surface area contributed by atoms with Gasteiger partial charge in [-0.1, -0.05) is 86.1 Å². The maximum absolute atomic E-state index is 2.49. The zero-order valence-corrected chi connectivity index (χ0v) is 17.8. The highest BCUT2D eigenvalue weighted by atomic mass is 15.0. The van der Waals surface area contributed by atoms with E-state index in [0.29, 0.717) is 0 Å². The SMILES string of the molecule is CCCCn1c2ccccc2c2cc(C=C3c4ccccc4-c4ccccc43)ccc21. The van der Waals surface area contributed by atoms with Crippen molar-refractivity contribution in [3.05, 3.63) is 108 Å². The smallest absolute Gasteiger partial charge is 0.0491 e. The van der Waals surface area contributed by atoms with Gasteiger partial charge in [0.15, 0.2) is 0 Å². The van der Waals surface area contributed by atoms with Crippen molar-refractivity contribution in [3.8, 4) is 11.1 Å². The van der Waals surface area contributed by atoms with Gasteiger partial charge in [-0.3, -0.25) is 0 Å². The first-order valence-electron chi connectivity index (χ1n) is 11.3. The van der Waals surface area contributed by atoms with Crippen molar-refractivity contribution in [1.82, 2.24) is 4.57 Å². The number of rotatable bonds is 4. The molecule has 0 radical (unpaired) electrons. The van der Waals surface area contributed by atoms with E-state index in [2.05, 4.69) is 109 Å². The molecule has 0 fully saturated rings. The minimum atomic E-state index is 1.07. The second-order valence-electron chi connectivity index (χ2n) is 8.45. The fourth-order valence-electron chi connectivity index (χ4n) is 5.09. The number of hydrogen-bond donors (Lipinski definition) is 0. The Kier molecular flexibility index (Phi) is 4.28. The summed E-state index contributed by atoms with van der Waals surface area (Å²) >= 11 is 0. The summed E-state index contributed by atoms with van der Waals surface area (Å²) in [6.45, 7) is 3.33. The first kappa shape index (κ1) is 18.2. The van der Waals surface area contributed by atoms with E-state index in [1.807, 2.05) is 0 Å². The summed E-state index contributed by atoms with van der Waals surface area (Å²) in [5.41, 5.74) is 10.6. The van der Waals surface area contributed by atoms with E-state index in [9.17, 15) is 0 Å². The number of aromatic nitrogens is 1. The summed E-state index contributed by atoms with van der Waals surface area (Å²) in [6, 6.07) is 33.3. The predicted octanol–water partition coefficient (Wildman–Crippen LogP) is 8.16. The second kappa shape index (κ2) is 7.28. The predicted molar refractivity (Wildman–Crippen MR) is 133 cm³/mol. The van der Waals surface area contributed by atoms with Crippen LogP contribution in [0.2, 0.25) is 0 Å². The van der Waals surface area contributed by atoms with Gasteiger partial charge in [-0.15, -0.1) is 0 Å². The topological polar surface area (TPSA) is 4.93 Å². The fourth-order valence-corrected chi connectivity index (χ4v) is 5.09. The van der Waals surface area contributed by atoms with Crippen molar-refractivity contribution in [2.24, 2.45) is 0 Å². The molecule has 0 spiro atoms. The molecule has 0 atom stereocenters. The third kappa shape index (κ3) is 2.84. The Morgan fingerprint density at radius 1 is 0.645 bits per heavy atom. The van der Waals surface area contributed by atoms with Crippen LogP contribution in [0.25, 0.3) is 44.6 Å². The van der Waals surface area contributed by atoms with Crippen molar-refractivity contribution >= 4 is 33.5 Å². The van der Waals surface area contributed by atoms with Gasteiger partial charge in [0, 0.05) is 28.4 Å².